The van der Waals surface area contributed by atoms with Gasteiger partial charge < -0.3 is 10.1 Å². The number of Topliss-reactive ketones (excluding diaryl/α,β-unsaturated/α-hetero) is 1. The molecule has 4 rings (SSSR count). The highest BCUT2D eigenvalue weighted by Gasteiger charge is 2.30. The molecule has 4 nitrogen and oxygen atoms in total. The second-order valence-electron chi connectivity index (χ2n) is 4.97. The van der Waals surface area contributed by atoms with Crippen LogP contribution in [0.3, 0.4) is 0 Å². The van der Waals surface area contributed by atoms with Crippen LogP contribution >= 0.6 is 27.5 Å². The van der Waals surface area contributed by atoms with E-state index in [1.54, 1.807) is 30.3 Å². The number of aromatic amines is 1. The minimum atomic E-state index is -0.206. The van der Waals surface area contributed by atoms with E-state index in [2.05, 4.69) is 25.9 Å². The Balaban J connectivity index is 2.01. The van der Waals surface area contributed by atoms with E-state index in [1.807, 2.05) is 6.07 Å². The molecule has 0 amide bonds. The van der Waals surface area contributed by atoms with Gasteiger partial charge in [-0.25, -0.2) is 4.99 Å². The summed E-state index contributed by atoms with van der Waals surface area (Å²) in [5.74, 6) is -0.321. The number of hydrogen-bond donors (Lipinski definition) is 2. The van der Waals surface area contributed by atoms with E-state index < -0.39 is 0 Å². The summed E-state index contributed by atoms with van der Waals surface area (Å²) in [6.45, 7) is 0. The number of carbonyl (C=O) groups excluding carboxylic acids is 1. The van der Waals surface area contributed by atoms with Crippen molar-refractivity contribution in [3.63, 3.8) is 0 Å². The second-order valence-corrected chi connectivity index (χ2v) is 6.29. The number of hydrogen-bond acceptors (Lipinski definition) is 3. The van der Waals surface area contributed by atoms with E-state index in [0.717, 1.165) is 4.47 Å². The molecule has 2 heterocycles. The van der Waals surface area contributed by atoms with Crippen molar-refractivity contribution in [2.24, 2.45) is 4.99 Å². The zero-order chi connectivity index (χ0) is 15.4. The molecule has 22 heavy (non-hydrogen) atoms. The van der Waals surface area contributed by atoms with Gasteiger partial charge >= 0.3 is 0 Å². The monoisotopic (exact) mass is 374 g/mol. The quantitative estimate of drug-likeness (QED) is 0.652. The smallest absolute Gasteiger partial charge is 0.214 e. The molecule has 0 atom stereocenters. The zero-order valence-electron chi connectivity index (χ0n) is 11.0. The second kappa shape index (κ2) is 4.69. The first-order valence-corrected chi connectivity index (χ1v) is 7.66. The molecule has 1 aliphatic heterocycles. The van der Waals surface area contributed by atoms with Crippen molar-refractivity contribution < 1.29 is 9.90 Å². The van der Waals surface area contributed by atoms with Crippen LogP contribution in [-0.2, 0) is 0 Å². The highest BCUT2D eigenvalue weighted by atomic mass is 79.9. The molecule has 1 aliphatic rings. The number of halogens is 2. The number of para-hydroxylation sites is 1. The Morgan fingerprint density at radius 3 is 2.77 bits per heavy atom. The van der Waals surface area contributed by atoms with Crippen molar-refractivity contribution in [1.29, 1.82) is 0 Å². The number of fused-ring (bicyclic) bond motifs is 2. The molecule has 0 radical (unpaired) electrons. The predicted molar refractivity (Wildman–Crippen MR) is 89.6 cm³/mol. The maximum atomic E-state index is 12.6. The maximum absolute atomic E-state index is 12.6. The van der Waals surface area contributed by atoms with Gasteiger partial charge in [0.1, 0.15) is 5.71 Å². The van der Waals surface area contributed by atoms with Gasteiger partial charge in [-0.2, -0.15) is 0 Å². The average molecular weight is 376 g/mol. The normalized spacial score (nSPS) is 13.5. The Hall–Kier alpha value is -2.11. The standard InChI is InChI=1S/C16H8BrClN2O2/c17-7-5-9-12(16(22)20-13(9)10(18)6-7)14-15(21)8-3-1-2-4-11(8)19-14/h1-6,20,22H. The van der Waals surface area contributed by atoms with Crippen molar-refractivity contribution in [3.05, 3.63) is 57.0 Å². The van der Waals surface area contributed by atoms with Crippen molar-refractivity contribution in [3.8, 4) is 5.88 Å². The molecule has 3 aromatic rings. The van der Waals surface area contributed by atoms with Gasteiger partial charge in [0.05, 0.1) is 21.8 Å². The first-order valence-electron chi connectivity index (χ1n) is 6.48. The molecule has 6 heteroatoms. The fourth-order valence-electron chi connectivity index (χ4n) is 2.68. The molecule has 0 aliphatic carbocycles. The lowest BCUT2D eigenvalue weighted by Crippen LogP contribution is -2.10. The lowest BCUT2D eigenvalue weighted by atomic mass is 10.0. The lowest BCUT2D eigenvalue weighted by Gasteiger charge is -2.00. The number of ketones is 1. The van der Waals surface area contributed by atoms with Crippen LogP contribution in [0.25, 0.3) is 10.9 Å². The van der Waals surface area contributed by atoms with Crippen LogP contribution in [0.4, 0.5) is 5.69 Å². The van der Waals surface area contributed by atoms with Crippen molar-refractivity contribution >= 4 is 55.6 Å². The number of nitrogens with one attached hydrogen (secondary N) is 1. The third-order valence-electron chi connectivity index (χ3n) is 3.64. The van der Waals surface area contributed by atoms with E-state index in [4.69, 9.17) is 11.6 Å². The number of aromatic nitrogens is 1. The van der Waals surface area contributed by atoms with Gasteiger partial charge in [0.25, 0.3) is 0 Å². The van der Waals surface area contributed by atoms with Crippen LogP contribution < -0.4 is 0 Å². The SMILES string of the molecule is O=C1C(c2c(O)[nH]c3c(Cl)cc(Br)cc23)=Nc2ccccc21. The van der Waals surface area contributed by atoms with Gasteiger partial charge in [-0.1, -0.05) is 39.7 Å². The number of H-pyrrole nitrogens is 1. The summed E-state index contributed by atoms with van der Waals surface area (Å²) in [6, 6.07) is 10.6. The first-order chi connectivity index (χ1) is 10.6. The zero-order valence-corrected chi connectivity index (χ0v) is 13.4. The third-order valence-corrected chi connectivity index (χ3v) is 4.39. The first kappa shape index (κ1) is 13.5. The third kappa shape index (κ3) is 1.82. The molecule has 0 saturated carbocycles. The number of benzene rings is 2. The van der Waals surface area contributed by atoms with Gasteiger partial charge in [0, 0.05) is 15.4 Å². The minimum Gasteiger partial charge on any atom is -0.494 e. The lowest BCUT2D eigenvalue weighted by molar-refractivity contribution is 0.107. The van der Waals surface area contributed by atoms with Crippen LogP contribution in [0.15, 0.2) is 45.9 Å². The van der Waals surface area contributed by atoms with Gasteiger partial charge in [0.15, 0.2) is 5.88 Å². The van der Waals surface area contributed by atoms with Crippen LogP contribution in [0.5, 0.6) is 5.88 Å². The Morgan fingerprint density at radius 1 is 1.23 bits per heavy atom. The summed E-state index contributed by atoms with van der Waals surface area (Å²) >= 11 is 9.56. The largest absolute Gasteiger partial charge is 0.494 e. The van der Waals surface area contributed by atoms with Gasteiger partial charge in [-0.05, 0) is 24.3 Å². The number of nitrogens with zero attached hydrogens (tertiary/aromatic N) is 1. The van der Waals surface area contributed by atoms with Crippen LogP contribution in [-0.4, -0.2) is 21.6 Å². The molecule has 0 unspecified atom stereocenters. The molecule has 2 aromatic carbocycles. The molecular weight excluding hydrogens is 368 g/mol. The van der Waals surface area contributed by atoms with E-state index in [0.29, 0.717) is 32.7 Å². The number of aliphatic imine (C=N–C) groups is 1. The summed E-state index contributed by atoms with van der Waals surface area (Å²) in [7, 11) is 0. The fourth-order valence-corrected chi connectivity index (χ4v) is 3.53. The summed E-state index contributed by atoms with van der Waals surface area (Å²) in [5, 5.41) is 11.3. The average Bonchev–Trinajstić information content (AvgIpc) is 2.97. The molecule has 2 N–H and O–H groups in total. The summed E-state index contributed by atoms with van der Waals surface area (Å²) in [6.07, 6.45) is 0. The van der Waals surface area contributed by atoms with E-state index in [-0.39, 0.29) is 17.4 Å². The molecule has 1 aromatic heterocycles. The van der Waals surface area contributed by atoms with Crippen molar-refractivity contribution in [1.82, 2.24) is 4.98 Å². The van der Waals surface area contributed by atoms with Gasteiger partial charge in [0.2, 0.25) is 5.78 Å². The van der Waals surface area contributed by atoms with E-state index in [9.17, 15) is 9.90 Å². The van der Waals surface area contributed by atoms with Gasteiger partial charge in [-0.15, -0.1) is 0 Å². The molecular formula is C16H8BrClN2O2. The van der Waals surface area contributed by atoms with E-state index >= 15 is 0 Å². The molecule has 108 valence electrons. The number of aromatic hydroxyl groups is 1. The Kier molecular flexibility index (Phi) is 2.89. The maximum Gasteiger partial charge on any atom is 0.214 e. The minimum absolute atomic E-state index is 0.116. The summed E-state index contributed by atoms with van der Waals surface area (Å²) in [4.78, 5) is 19.8. The van der Waals surface area contributed by atoms with Crippen molar-refractivity contribution in [2.75, 3.05) is 0 Å². The van der Waals surface area contributed by atoms with Crippen molar-refractivity contribution in [2.45, 2.75) is 0 Å². The number of carbonyl (C=O) groups is 1. The molecule has 0 spiro atoms. The molecule has 0 bridgehead atoms. The van der Waals surface area contributed by atoms with Crippen LogP contribution in [0, 0.1) is 0 Å². The Labute approximate surface area is 138 Å². The van der Waals surface area contributed by atoms with Crippen LogP contribution in [0.2, 0.25) is 5.02 Å². The summed E-state index contributed by atoms with van der Waals surface area (Å²) in [5.41, 5.74) is 2.31. The predicted octanol–water partition coefficient (Wildman–Crippen LogP) is 4.61. The van der Waals surface area contributed by atoms with Crippen LogP contribution in [0.1, 0.15) is 15.9 Å². The van der Waals surface area contributed by atoms with E-state index in [1.165, 1.54) is 0 Å². The Morgan fingerprint density at radius 2 is 2.00 bits per heavy atom. The fraction of sp³-hybridized carbons (Fsp3) is 0. The highest BCUT2D eigenvalue weighted by molar-refractivity contribution is 9.10. The molecule has 0 saturated heterocycles. The summed E-state index contributed by atoms with van der Waals surface area (Å²) < 4.78 is 0.758. The topological polar surface area (TPSA) is 65.4 Å². The molecule has 0 fully saturated rings. The number of rotatable bonds is 1. The van der Waals surface area contributed by atoms with Gasteiger partial charge in [-0.3, -0.25) is 4.79 Å². The highest BCUT2D eigenvalue weighted by Crippen LogP contribution is 2.38. The Bertz CT molecular complexity index is 991.